The van der Waals surface area contributed by atoms with E-state index in [1.54, 1.807) is 30.3 Å². The number of carbonyl (C=O) groups is 1. The highest BCUT2D eigenvalue weighted by atomic mass is 32.2. The monoisotopic (exact) mass is 576 g/mol. The molecule has 1 heterocycles. The van der Waals surface area contributed by atoms with Gasteiger partial charge in [0.15, 0.2) is 25.5 Å². The predicted molar refractivity (Wildman–Crippen MR) is 144 cm³/mol. The second kappa shape index (κ2) is 10.7. The fraction of sp³-hybridized carbons (Fsp3) is 0.269. The first-order valence-corrected chi connectivity index (χ1v) is 17.0. The van der Waals surface area contributed by atoms with Crippen molar-refractivity contribution in [2.24, 2.45) is 5.92 Å². The molecule has 3 aromatic rings. The number of sulfonamides is 1. The predicted octanol–water partition coefficient (Wildman–Crippen LogP) is 2.30. The van der Waals surface area contributed by atoms with Gasteiger partial charge in [0.2, 0.25) is 10.0 Å². The molecule has 0 aromatic heterocycles. The van der Waals surface area contributed by atoms with Crippen molar-refractivity contribution in [1.29, 1.82) is 0 Å². The molecule has 0 spiro atoms. The van der Waals surface area contributed by atoms with E-state index in [0.717, 1.165) is 12.5 Å². The van der Waals surface area contributed by atoms with Crippen LogP contribution in [-0.2, 0) is 29.7 Å². The van der Waals surface area contributed by atoms with Crippen LogP contribution in [0.3, 0.4) is 0 Å². The van der Waals surface area contributed by atoms with Crippen LogP contribution in [-0.4, -0.2) is 62.7 Å². The van der Waals surface area contributed by atoms with E-state index in [-0.39, 0.29) is 21.3 Å². The summed E-state index contributed by atoms with van der Waals surface area (Å²) in [5.74, 6) is -0.824. The van der Waals surface area contributed by atoms with E-state index in [9.17, 15) is 30.0 Å². The topological polar surface area (TPSA) is 144 Å². The van der Waals surface area contributed by atoms with Crippen LogP contribution in [0.25, 0.3) is 11.1 Å². The van der Waals surface area contributed by atoms with Gasteiger partial charge >= 0.3 is 0 Å². The van der Waals surface area contributed by atoms with Crippen LogP contribution in [0.2, 0.25) is 0 Å². The maximum atomic E-state index is 13.6. The van der Waals surface area contributed by atoms with Crippen molar-refractivity contribution in [3.05, 3.63) is 78.4 Å². The number of benzene rings is 3. The van der Waals surface area contributed by atoms with E-state index in [1.807, 2.05) is 0 Å². The first-order chi connectivity index (χ1) is 17.8. The highest BCUT2D eigenvalue weighted by Crippen LogP contribution is 2.29. The Morgan fingerprint density at radius 2 is 1.34 bits per heavy atom. The summed E-state index contributed by atoms with van der Waals surface area (Å²) in [6, 6.07) is 17.0. The van der Waals surface area contributed by atoms with Crippen LogP contribution in [0, 0.1) is 5.92 Å². The first-order valence-electron chi connectivity index (χ1n) is 11.7. The highest BCUT2D eigenvalue weighted by Gasteiger charge is 2.36. The fourth-order valence-corrected chi connectivity index (χ4v) is 8.36. The third kappa shape index (κ3) is 6.05. The Morgan fingerprint density at radius 3 is 1.89 bits per heavy atom. The van der Waals surface area contributed by atoms with Crippen molar-refractivity contribution in [3.63, 3.8) is 0 Å². The van der Waals surface area contributed by atoms with Crippen LogP contribution in [0.1, 0.15) is 16.8 Å². The largest absolute Gasteiger partial charge is 0.316 e. The molecule has 1 aliphatic rings. The van der Waals surface area contributed by atoms with E-state index < -0.39 is 46.4 Å². The van der Waals surface area contributed by atoms with Crippen molar-refractivity contribution in [2.45, 2.75) is 27.1 Å². The SMILES string of the molecule is CS(=O)(=O)c1ccccc1-c1ccc(C(=O)C(NS(=O)(=O)c2ccccc2S(C)(=O)=O)C2CCNC2)cc1. The van der Waals surface area contributed by atoms with Gasteiger partial charge in [-0.2, -0.15) is 4.72 Å². The molecule has 2 atom stereocenters. The molecule has 4 rings (SSSR count). The van der Waals surface area contributed by atoms with Crippen molar-refractivity contribution >= 4 is 35.5 Å². The third-order valence-corrected chi connectivity index (χ3v) is 10.4. The van der Waals surface area contributed by atoms with Gasteiger partial charge in [0, 0.05) is 23.6 Å². The zero-order valence-electron chi connectivity index (χ0n) is 20.8. The van der Waals surface area contributed by atoms with Gasteiger partial charge in [-0.3, -0.25) is 4.79 Å². The molecule has 12 heteroatoms. The van der Waals surface area contributed by atoms with E-state index in [4.69, 9.17) is 0 Å². The molecule has 202 valence electrons. The summed E-state index contributed by atoms with van der Waals surface area (Å²) in [5, 5.41) is 3.13. The lowest BCUT2D eigenvalue weighted by molar-refractivity contribution is 0.0926. The molecule has 0 aliphatic carbocycles. The van der Waals surface area contributed by atoms with Gasteiger partial charge in [-0.25, -0.2) is 25.3 Å². The number of hydrogen-bond donors (Lipinski definition) is 2. The summed E-state index contributed by atoms with van der Waals surface area (Å²) in [6.07, 6.45) is 2.60. The van der Waals surface area contributed by atoms with Crippen LogP contribution in [0.15, 0.2) is 87.5 Å². The van der Waals surface area contributed by atoms with Gasteiger partial charge in [0.25, 0.3) is 0 Å². The molecule has 1 saturated heterocycles. The molecule has 0 saturated carbocycles. The smallest absolute Gasteiger partial charge is 0.242 e. The molecule has 0 amide bonds. The Balaban J connectivity index is 1.69. The van der Waals surface area contributed by atoms with Gasteiger partial charge in [-0.1, -0.05) is 54.6 Å². The zero-order chi connectivity index (χ0) is 27.7. The van der Waals surface area contributed by atoms with Crippen molar-refractivity contribution in [3.8, 4) is 11.1 Å². The number of Topliss-reactive ketones (excluding diaryl/α,β-unsaturated/α-hetero) is 1. The van der Waals surface area contributed by atoms with Crippen molar-refractivity contribution in [2.75, 3.05) is 25.6 Å². The van der Waals surface area contributed by atoms with Crippen LogP contribution < -0.4 is 10.0 Å². The summed E-state index contributed by atoms with van der Waals surface area (Å²) < 4.78 is 78.1. The number of carbonyl (C=O) groups excluding carboxylic acids is 1. The summed E-state index contributed by atoms with van der Waals surface area (Å²) in [5.41, 5.74) is 1.31. The Morgan fingerprint density at radius 1 is 0.789 bits per heavy atom. The van der Waals surface area contributed by atoms with Crippen molar-refractivity contribution < 1.29 is 30.0 Å². The number of rotatable bonds is 9. The molecule has 2 N–H and O–H groups in total. The maximum Gasteiger partial charge on any atom is 0.242 e. The summed E-state index contributed by atoms with van der Waals surface area (Å²) in [6.45, 7) is 1.02. The number of ketones is 1. The number of nitrogens with one attached hydrogen (secondary N) is 2. The van der Waals surface area contributed by atoms with Gasteiger partial charge in [-0.15, -0.1) is 0 Å². The van der Waals surface area contributed by atoms with Gasteiger partial charge in [0.05, 0.1) is 15.8 Å². The standard InChI is InChI=1S/C26H28N2O7S3/c1-36(30,31)22-8-4-3-7-21(22)18-11-13-19(14-12-18)26(29)25(20-15-16-27-17-20)28-38(34,35)24-10-6-5-9-23(24)37(2,32)33/h3-14,20,25,27-28H,15-17H2,1-2H3. The van der Waals surface area contributed by atoms with E-state index >= 15 is 0 Å². The Labute approximate surface area is 223 Å². The van der Waals surface area contributed by atoms with Gasteiger partial charge < -0.3 is 5.32 Å². The zero-order valence-corrected chi connectivity index (χ0v) is 23.2. The quantitative estimate of drug-likeness (QED) is 0.370. The lowest BCUT2D eigenvalue weighted by Crippen LogP contribution is -2.46. The number of hydrogen-bond acceptors (Lipinski definition) is 8. The molecular formula is C26H28N2O7S3. The number of sulfone groups is 2. The average molecular weight is 577 g/mol. The first kappa shape index (κ1) is 28.1. The fourth-order valence-electron chi connectivity index (χ4n) is 4.56. The maximum absolute atomic E-state index is 13.6. The lowest BCUT2D eigenvalue weighted by atomic mass is 9.91. The normalized spacial score (nSPS) is 17.3. The summed E-state index contributed by atoms with van der Waals surface area (Å²) in [4.78, 5) is 13.0. The summed E-state index contributed by atoms with van der Waals surface area (Å²) in [7, 11) is -11.7. The minimum absolute atomic E-state index is 0.159. The minimum Gasteiger partial charge on any atom is -0.316 e. The highest BCUT2D eigenvalue weighted by molar-refractivity contribution is 7.93. The van der Waals surface area contributed by atoms with E-state index in [0.29, 0.717) is 30.6 Å². The van der Waals surface area contributed by atoms with E-state index in [1.165, 1.54) is 42.5 Å². The average Bonchev–Trinajstić information content (AvgIpc) is 3.41. The Hall–Kier alpha value is -2.90. The molecule has 38 heavy (non-hydrogen) atoms. The summed E-state index contributed by atoms with van der Waals surface area (Å²) >= 11 is 0. The molecule has 0 bridgehead atoms. The molecule has 1 fully saturated rings. The molecule has 0 radical (unpaired) electrons. The van der Waals surface area contributed by atoms with Gasteiger partial charge in [-0.05, 0) is 49.2 Å². The lowest BCUT2D eigenvalue weighted by Gasteiger charge is -2.24. The van der Waals surface area contributed by atoms with Crippen LogP contribution in [0.5, 0.6) is 0 Å². The van der Waals surface area contributed by atoms with Crippen LogP contribution in [0.4, 0.5) is 0 Å². The van der Waals surface area contributed by atoms with Crippen molar-refractivity contribution in [1.82, 2.24) is 10.0 Å². The molecule has 9 nitrogen and oxygen atoms in total. The van der Waals surface area contributed by atoms with Gasteiger partial charge in [0.1, 0.15) is 4.90 Å². The van der Waals surface area contributed by atoms with E-state index in [2.05, 4.69) is 10.0 Å². The Bertz CT molecular complexity index is 1680. The molecule has 3 aromatic carbocycles. The second-order valence-electron chi connectivity index (χ2n) is 9.28. The minimum atomic E-state index is -4.38. The second-order valence-corrected chi connectivity index (χ2v) is 14.9. The third-order valence-electron chi connectivity index (χ3n) is 6.44. The molecule has 2 unspecified atom stereocenters. The molecular weight excluding hydrogens is 548 g/mol. The van der Waals surface area contributed by atoms with Crippen LogP contribution >= 0.6 is 0 Å². The Kier molecular flexibility index (Phi) is 7.91. The molecule has 1 aliphatic heterocycles.